The highest BCUT2D eigenvalue weighted by Crippen LogP contribution is 2.27. The summed E-state index contributed by atoms with van der Waals surface area (Å²) in [5, 5.41) is 0. The summed E-state index contributed by atoms with van der Waals surface area (Å²) in [7, 11) is 0. The Kier molecular flexibility index (Phi) is 3.43. The van der Waals surface area contributed by atoms with Gasteiger partial charge >= 0.3 is 0 Å². The maximum Gasteiger partial charge on any atom is 0.255 e. The molecule has 0 unspecified atom stereocenters. The van der Waals surface area contributed by atoms with Gasteiger partial charge in [0.15, 0.2) is 5.82 Å². The van der Waals surface area contributed by atoms with Crippen molar-refractivity contribution in [3.8, 4) is 11.6 Å². The minimum atomic E-state index is -0.486. The first-order chi connectivity index (χ1) is 8.06. The van der Waals surface area contributed by atoms with Gasteiger partial charge in [0.2, 0.25) is 0 Å². The van der Waals surface area contributed by atoms with E-state index < -0.39 is 5.82 Å². The molecule has 0 amide bonds. The third-order valence-electron chi connectivity index (χ3n) is 2.32. The van der Waals surface area contributed by atoms with Gasteiger partial charge in [0.1, 0.15) is 5.75 Å². The van der Waals surface area contributed by atoms with Crippen LogP contribution in [-0.2, 0) is 0 Å². The molecule has 0 saturated heterocycles. The third-order valence-corrected chi connectivity index (χ3v) is 2.76. The predicted molar refractivity (Wildman–Crippen MR) is 67.9 cm³/mol. The molecule has 2 rings (SSSR count). The molecule has 0 aliphatic heterocycles. The van der Waals surface area contributed by atoms with E-state index in [1.165, 1.54) is 12.3 Å². The molecule has 0 bridgehead atoms. The van der Waals surface area contributed by atoms with Crippen LogP contribution in [0.15, 0.2) is 34.9 Å². The molecule has 17 heavy (non-hydrogen) atoms. The zero-order chi connectivity index (χ0) is 12.4. The van der Waals surface area contributed by atoms with Gasteiger partial charge in [-0.3, -0.25) is 0 Å². The molecule has 1 aromatic carbocycles. The molecular weight excluding hydrogens is 285 g/mol. The molecule has 0 N–H and O–H groups in total. The summed E-state index contributed by atoms with van der Waals surface area (Å²) in [5.41, 5.74) is 2.00. The predicted octanol–water partition coefficient (Wildman–Crippen LogP) is 4.39. The Balaban J connectivity index is 2.34. The normalized spacial score (nSPS) is 10.4. The van der Waals surface area contributed by atoms with Crippen molar-refractivity contribution in [2.45, 2.75) is 13.8 Å². The van der Waals surface area contributed by atoms with E-state index >= 15 is 0 Å². The maximum atomic E-state index is 13.6. The van der Waals surface area contributed by atoms with Crippen LogP contribution in [0.4, 0.5) is 4.39 Å². The SMILES string of the molecule is Cc1ccc(C)c(Oc2ncc(Br)cc2F)c1. The Labute approximate surface area is 108 Å². The molecule has 0 fully saturated rings. The van der Waals surface area contributed by atoms with Gasteiger partial charge in [-0.1, -0.05) is 12.1 Å². The second kappa shape index (κ2) is 4.84. The van der Waals surface area contributed by atoms with E-state index in [1.807, 2.05) is 32.0 Å². The Hall–Kier alpha value is -1.42. The minimum absolute atomic E-state index is 0.0121. The van der Waals surface area contributed by atoms with E-state index in [2.05, 4.69) is 20.9 Å². The Bertz CT molecular complexity index is 557. The maximum absolute atomic E-state index is 13.6. The van der Waals surface area contributed by atoms with Gasteiger partial charge in [-0.25, -0.2) is 9.37 Å². The third kappa shape index (κ3) is 2.82. The number of ether oxygens (including phenoxy) is 1. The highest BCUT2D eigenvalue weighted by Gasteiger charge is 2.08. The number of hydrogen-bond acceptors (Lipinski definition) is 2. The summed E-state index contributed by atoms with van der Waals surface area (Å²) < 4.78 is 19.6. The number of aryl methyl sites for hydroxylation is 2. The van der Waals surface area contributed by atoms with E-state index in [0.717, 1.165) is 11.1 Å². The van der Waals surface area contributed by atoms with Crippen LogP contribution in [0, 0.1) is 19.7 Å². The van der Waals surface area contributed by atoms with Gasteiger partial charge in [-0.2, -0.15) is 0 Å². The zero-order valence-corrected chi connectivity index (χ0v) is 11.1. The molecule has 0 aliphatic carbocycles. The monoisotopic (exact) mass is 295 g/mol. The first-order valence-corrected chi connectivity index (χ1v) is 5.92. The van der Waals surface area contributed by atoms with Crippen LogP contribution in [-0.4, -0.2) is 4.98 Å². The van der Waals surface area contributed by atoms with Crippen LogP contribution in [0.5, 0.6) is 11.6 Å². The number of nitrogens with zero attached hydrogens (tertiary/aromatic N) is 1. The lowest BCUT2D eigenvalue weighted by molar-refractivity contribution is 0.419. The summed E-state index contributed by atoms with van der Waals surface area (Å²) in [4.78, 5) is 3.90. The number of hydrogen-bond donors (Lipinski definition) is 0. The van der Waals surface area contributed by atoms with Crippen molar-refractivity contribution < 1.29 is 9.13 Å². The van der Waals surface area contributed by atoms with Crippen molar-refractivity contribution in [2.75, 3.05) is 0 Å². The number of halogens is 2. The summed E-state index contributed by atoms with van der Waals surface area (Å²) in [6.07, 6.45) is 1.50. The molecule has 1 heterocycles. The molecule has 2 aromatic rings. The molecule has 0 saturated carbocycles. The summed E-state index contributed by atoms with van der Waals surface area (Å²) in [6.45, 7) is 3.86. The highest BCUT2D eigenvalue weighted by atomic mass is 79.9. The Morgan fingerprint density at radius 1 is 1.24 bits per heavy atom. The van der Waals surface area contributed by atoms with Crippen molar-refractivity contribution in [2.24, 2.45) is 0 Å². The fourth-order valence-corrected chi connectivity index (χ4v) is 1.70. The fraction of sp³-hybridized carbons (Fsp3) is 0.154. The summed E-state index contributed by atoms with van der Waals surface area (Å²) >= 11 is 3.15. The van der Waals surface area contributed by atoms with Crippen molar-refractivity contribution in [3.63, 3.8) is 0 Å². The van der Waals surface area contributed by atoms with Gasteiger partial charge in [0, 0.05) is 10.7 Å². The van der Waals surface area contributed by atoms with Crippen LogP contribution in [0.25, 0.3) is 0 Å². The van der Waals surface area contributed by atoms with Gasteiger partial charge in [-0.05, 0) is 53.0 Å². The lowest BCUT2D eigenvalue weighted by Crippen LogP contribution is -1.94. The molecular formula is C13H11BrFNO. The Morgan fingerprint density at radius 2 is 2.00 bits per heavy atom. The molecule has 0 atom stereocenters. The van der Waals surface area contributed by atoms with E-state index in [9.17, 15) is 4.39 Å². The van der Waals surface area contributed by atoms with Crippen molar-refractivity contribution in [1.29, 1.82) is 0 Å². The molecule has 88 valence electrons. The Morgan fingerprint density at radius 3 is 2.71 bits per heavy atom. The van der Waals surface area contributed by atoms with Gasteiger partial charge in [0.25, 0.3) is 5.88 Å². The largest absolute Gasteiger partial charge is 0.436 e. The van der Waals surface area contributed by atoms with Crippen molar-refractivity contribution >= 4 is 15.9 Å². The molecule has 0 radical (unpaired) electrons. The smallest absolute Gasteiger partial charge is 0.255 e. The fourth-order valence-electron chi connectivity index (χ4n) is 1.40. The van der Waals surface area contributed by atoms with Gasteiger partial charge in [-0.15, -0.1) is 0 Å². The molecule has 4 heteroatoms. The lowest BCUT2D eigenvalue weighted by Gasteiger charge is -2.09. The average molecular weight is 296 g/mol. The molecule has 2 nitrogen and oxygen atoms in total. The summed E-state index contributed by atoms with van der Waals surface area (Å²) in [6, 6.07) is 7.10. The van der Waals surface area contributed by atoms with E-state index in [-0.39, 0.29) is 5.88 Å². The van der Waals surface area contributed by atoms with Gasteiger partial charge in [0.05, 0.1) is 0 Å². The number of benzene rings is 1. The van der Waals surface area contributed by atoms with E-state index in [1.54, 1.807) is 0 Å². The standard InChI is InChI=1S/C13H11BrFNO/c1-8-3-4-9(2)12(5-8)17-13-11(15)6-10(14)7-16-13/h3-7H,1-2H3. The molecule has 1 aromatic heterocycles. The van der Waals surface area contributed by atoms with E-state index in [4.69, 9.17) is 4.74 Å². The van der Waals surface area contributed by atoms with Crippen LogP contribution in [0.1, 0.15) is 11.1 Å². The van der Waals surface area contributed by atoms with Crippen LogP contribution >= 0.6 is 15.9 Å². The van der Waals surface area contributed by atoms with Crippen LogP contribution in [0.2, 0.25) is 0 Å². The minimum Gasteiger partial charge on any atom is -0.436 e. The average Bonchev–Trinajstić information content (AvgIpc) is 2.27. The number of aromatic nitrogens is 1. The van der Waals surface area contributed by atoms with Gasteiger partial charge < -0.3 is 4.74 Å². The molecule has 0 aliphatic rings. The first-order valence-electron chi connectivity index (χ1n) is 5.12. The van der Waals surface area contributed by atoms with Crippen LogP contribution < -0.4 is 4.74 Å². The molecule has 0 spiro atoms. The summed E-state index contributed by atoms with van der Waals surface area (Å²) in [5.74, 6) is 0.126. The first kappa shape index (κ1) is 12.0. The van der Waals surface area contributed by atoms with Crippen LogP contribution in [0.3, 0.4) is 0 Å². The van der Waals surface area contributed by atoms with E-state index in [0.29, 0.717) is 10.2 Å². The zero-order valence-electron chi connectivity index (χ0n) is 9.50. The quantitative estimate of drug-likeness (QED) is 0.820. The topological polar surface area (TPSA) is 22.1 Å². The van der Waals surface area contributed by atoms with Crippen molar-refractivity contribution in [3.05, 3.63) is 51.9 Å². The second-order valence-corrected chi connectivity index (χ2v) is 4.73. The lowest BCUT2D eigenvalue weighted by atomic mass is 10.1. The highest BCUT2D eigenvalue weighted by molar-refractivity contribution is 9.10. The number of pyridine rings is 1. The number of rotatable bonds is 2. The van der Waals surface area contributed by atoms with Crippen molar-refractivity contribution in [1.82, 2.24) is 4.98 Å². The second-order valence-electron chi connectivity index (χ2n) is 3.81.